The summed E-state index contributed by atoms with van der Waals surface area (Å²) in [6.45, 7) is 3.98. The Morgan fingerprint density at radius 2 is 2.38 bits per heavy atom. The molecule has 13 heavy (non-hydrogen) atoms. The van der Waals surface area contributed by atoms with Gasteiger partial charge in [-0.1, -0.05) is 0 Å². The SMILES string of the molecule is Cc1cc(N)nc(C2CCNC2)n1. The molecule has 1 aliphatic heterocycles. The van der Waals surface area contributed by atoms with Crippen LogP contribution in [0.5, 0.6) is 0 Å². The zero-order chi connectivity index (χ0) is 9.26. The molecule has 0 spiro atoms. The molecule has 0 amide bonds. The molecular formula is C9H14N4. The minimum atomic E-state index is 0.446. The number of aryl methyl sites for hydroxylation is 1. The van der Waals surface area contributed by atoms with Crippen LogP contribution in [0.2, 0.25) is 0 Å². The average molecular weight is 178 g/mol. The topological polar surface area (TPSA) is 63.8 Å². The zero-order valence-corrected chi connectivity index (χ0v) is 7.75. The Hall–Kier alpha value is -1.16. The lowest BCUT2D eigenvalue weighted by Gasteiger charge is -2.07. The van der Waals surface area contributed by atoms with Crippen molar-refractivity contribution in [3.8, 4) is 0 Å². The summed E-state index contributed by atoms with van der Waals surface area (Å²) in [5.41, 5.74) is 6.61. The maximum atomic E-state index is 5.66. The van der Waals surface area contributed by atoms with E-state index in [0.29, 0.717) is 11.7 Å². The van der Waals surface area contributed by atoms with Gasteiger partial charge in [-0.2, -0.15) is 0 Å². The van der Waals surface area contributed by atoms with Crippen molar-refractivity contribution in [2.45, 2.75) is 19.3 Å². The molecule has 1 unspecified atom stereocenters. The number of nitrogens with two attached hydrogens (primary N) is 1. The van der Waals surface area contributed by atoms with Crippen LogP contribution in [0.3, 0.4) is 0 Å². The van der Waals surface area contributed by atoms with Gasteiger partial charge in [-0.05, 0) is 19.9 Å². The standard InChI is InChI=1S/C9H14N4/c1-6-4-8(10)13-9(12-6)7-2-3-11-5-7/h4,7,11H,2-3,5H2,1H3,(H2,10,12,13). The summed E-state index contributed by atoms with van der Waals surface area (Å²) in [7, 11) is 0. The van der Waals surface area contributed by atoms with Crippen molar-refractivity contribution in [1.82, 2.24) is 15.3 Å². The Morgan fingerprint density at radius 3 is 3.00 bits per heavy atom. The van der Waals surface area contributed by atoms with Gasteiger partial charge in [0, 0.05) is 24.2 Å². The van der Waals surface area contributed by atoms with E-state index in [9.17, 15) is 0 Å². The largest absolute Gasteiger partial charge is 0.384 e. The van der Waals surface area contributed by atoms with Crippen LogP contribution in [-0.4, -0.2) is 23.1 Å². The molecule has 0 saturated carbocycles. The lowest BCUT2D eigenvalue weighted by molar-refractivity contribution is 0.699. The summed E-state index contributed by atoms with van der Waals surface area (Å²) in [6.07, 6.45) is 1.11. The van der Waals surface area contributed by atoms with E-state index < -0.39 is 0 Å². The highest BCUT2D eigenvalue weighted by atomic mass is 15.0. The van der Waals surface area contributed by atoms with Gasteiger partial charge in [0.15, 0.2) is 0 Å². The van der Waals surface area contributed by atoms with Crippen LogP contribution >= 0.6 is 0 Å². The predicted molar refractivity (Wildman–Crippen MR) is 51.4 cm³/mol. The van der Waals surface area contributed by atoms with E-state index >= 15 is 0 Å². The maximum Gasteiger partial charge on any atom is 0.135 e. The van der Waals surface area contributed by atoms with Gasteiger partial charge >= 0.3 is 0 Å². The van der Waals surface area contributed by atoms with E-state index in [2.05, 4.69) is 15.3 Å². The molecule has 1 aromatic heterocycles. The van der Waals surface area contributed by atoms with E-state index in [-0.39, 0.29) is 0 Å². The highest BCUT2D eigenvalue weighted by Crippen LogP contribution is 2.19. The molecule has 3 N–H and O–H groups in total. The van der Waals surface area contributed by atoms with Crippen LogP contribution in [0, 0.1) is 6.92 Å². The van der Waals surface area contributed by atoms with E-state index in [1.165, 1.54) is 0 Å². The summed E-state index contributed by atoms with van der Waals surface area (Å²) in [4.78, 5) is 8.63. The number of nitrogens with one attached hydrogen (secondary N) is 1. The van der Waals surface area contributed by atoms with Gasteiger partial charge in [-0.15, -0.1) is 0 Å². The Labute approximate surface area is 77.6 Å². The number of nitrogen functional groups attached to an aromatic ring is 1. The zero-order valence-electron chi connectivity index (χ0n) is 7.75. The molecule has 0 aromatic carbocycles. The number of nitrogens with zero attached hydrogens (tertiary/aromatic N) is 2. The van der Waals surface area contributed by atoms with Crippen molar-refractivity contribution in [3.05, 3.63) is 17.6 Å². The molecular weight excluding hydrogens is 164 g/mol. The molecule has 1 saturated heterocycles. The molecule has 2 heterocycles. The molecule has 4 heteroatoms. The molecule has 1 atom stereocenters. The van der Waals surface area contributed by atoms with Gasteiger partial charge < -0.3 is 11.1 Å². The van der Waals surface area contributed by atoms with E-state index in [1.54, 1.807) is 6.07 Å². The third-order valence-electron chi connectivity index (χ3n) is 2.32. The second kappa shape index (κ2) is 3.30. The van der Waals surface area contributed by atoms with Gasteiger partial charge in [0.25, 0.3) is 0 Å². The minimum Gasteiger partial charge on any atom is -0.384 e. The number of hydrogen-bond donors (Lipinski definition) is 2. The molecule has 1 aliphatic rings. The second-order valence-corrected chi connectivity index (χ2v) is 3.48. The lowest BCUT2D eigenvalue weighted by atomic mass is 10.1. The summed E-state index contributed by atoms with van der Waals surface area (Å²) < 4.78 is 0. The Balaban J connectivity index is 2.28. The number of anilines is 1. The fourth-order valence-corrected chi connectivity index (χ4v) is 1.67. The van der Waals surface area contributed by atoms with Crippen LogP contribution in [0.1, 0.15) is 23.9 Å². The quantitative estimate of drug-likeness (QED) is 0.655. The fourth-order valence-electron chi connectivity index (χ4n) is 1.67. The third-order valence-corrected chi connectivity index (χ3v) is 2.32. The van der Waals surface area contributed by atoms with Crippen LogP contribution in [0.25, 0.3) is 0 Å². The van der Waals surface area contributed by atoms with E-state index in [1.807, 2.05) is 6.92 Å². The minimum absolute atomic E-state index is 0.446. The number of aromatic nitrogens is 2. The molecule has 0 bridgehead atoms. The molecule has 1 aromatic rings. The van der Waals surface area contributed by atoms with E-state index in [0.717, 1.165) is 31.0 Å². The highest BCUT2D eigenvalue weighted by molar-refractivity contribution is 5.30. The van der Waals surface area contributed by atoms with E-state index in [4.69, 9.17) is 5.73 Å². The fraction of sp³-hybridized carbons (Fsp3) is 0.556. The Kier molecular flexibility index (Phi) is 2.14. The normalized spacial score (nSPS) is 22.1. The van der Waals surface area contributed by atoms with Crippen molar-refractivity contribution >= 4 is 5.82 Å². The molecule has 2 rings (SSSR count). The first-order chi connectivity index (χ1) is 6.25. The van der Waals surface area contributed by atoms with Gasteiger partial charge in [0.05, 0.1) is 0 Å². The molecule has 1 fully saturated rings. The summed E-state index contributed by atoms with van der Waals surface area (Å²) in [5.74, 6) is 1.92. The first-order valence-electron chi connectivity index (χ1n) is 4.57. The van der Waals surface area contributed by atoms with Crippen molar-refractivity contribution < 1.29 is 0 Å². The van der Waals surface area contributed by atoms with Crippen molar-refractivity contribution in [3.63, 3.8) is 0 Å². The number of rotatable bonds is 1. The van der Waals surface area contributed by atoms with Crippen molar-refractivity contribution in [2.75, 3.05) is 18.8 Å². The Morgan fingerprint density at radius 1 is 1.54 bits per heavy atom. The van der Waals surface area contributed by atoms with Crippen molar-refractivity contribution in [2.24, 2.45) is 0 Å². The van der Waals surface area contributed by atoms with Crippen LogP contribution < -0.4 is 11.1 Å². The van der Waals surface area contributed by atoms with Crippen molar-refractivity contribution in [1.29, 1.82) is 0 Å². The average Bonchev–Trinajstić information content (AvgIpc) is 2.53. The van der Waals surface area contributed by atoms with Crippen LogP contribution in [0.4, 0.5) is 5.82 Å². The summed E-state index contributed by atoms with van der Waals surface area (Å²) in [6, 6.07) is 1.80. The second-order valence-electron chi connectivity index (χ2n) is 3.48. The third kappa shape index (κ3) is 1.78. The molecule has 0 radical (unpaired) electrons. The van der Waals surface area contributed by atoms with Gasteiger partial charge in [0.2, 0.25) is 0 Å². The predicted octanol–water partition coefficient (Wildman–Crippen LogP) is 0.444. The highest BCUT2D eigenvalue weighted by Gasteiger charge is 2.19. The van der Waals surface area contributed by atoms with Gasteiger partial charge in [0.1, 0.15) is 11.6 Å². The van der Waals surface area contributed by atoms with Gasteiger partial charge in [-0.3, -0.25) is 0 Å². The molecule has 4 nitrogen and oxygen atoms in total. The molecule has 0 aliphatic carbocycles. The number of hydrogen-bond acceptors (Lipinski definition) is 4. The van der Waals surface area contributed by atoms with Crippen LogP contribution in [-0.2, 0) is 0 Å². The van der Waals surface area contributed by atoms with Gasteiger partial charge in [-0.25, -0.2) is 9.97 Å². The Bertz CT molecular complexity index is 284. The maximum absolute atomic E-state index is 5.66. The smallest absolute Gasteiger partial charge is 0.135 e. The van der Waals surface area contributed by atoms with Crippen LogP contribution in [0.15, 0.2) is 6.07 Å². The molecule has 70 valence electrons. The monoisotopic (exact) mass is 178 g/mol. The summed E-state index contributed by atoms with van der Waals surface area (Å²) in [5, 5.41) is 3.29. The lowest BCUT2D eigenvalue weighted by Crippen LogP contribution is -2.11. The summed E-state index contributed by atoms with van der Waals surface area (Å²) >= 11 is 0. The first-order valence-corrected chi connectivity index (χ1v) is 4.57. The first kappa shape index (κ1) is 8.44.